The predicted octanol–water partition coefficient (Wildman–Crippen LogP) is 3.98. The van der Waals surface area contributed by atoms with E-state index >= 15 is 0 Å². The SMILES string of the molecule is N#Cc1ccnc(NCc2cccc(Br)c2)c1Cl. The molecule has 0 saturated heterocycles. The van der Waals surface area contributed by atoms with E-state index in [1.54, 1.807) is 12.3 Å². The molecule has 0 spiro atoms. The number of nitrogens with one attached hydrogen (secondary N) is 1. The molecule has 90 valence electrons. The molecule has 0 aliphatic rings. The van der Waals surface area contributed by atoms with Crippen LogP contribution in [0.3, 0.4) is 0 Å². The van der Waals surface area contributed by atoms with Crippen molar-refractivity contribution in [3.05, 3.63) is 57.2 Å². The summed E-state index contributed by atoms with van der Waals surface area (Å²) in [5, 5.41) is 12.3. The van der Waals surface area contributed by atoms with Crippen LogP contribution in [0.4, 0.5) is 5.82 Å². The first-order valence-electron chi connectivity index (χ1n) is 5.23. The normalized spacial score (nSPS) is 9.83. The first-order chi connectivity index (χ1) is 8.70. The average Bonchev–Trinajstić information content (AvgIpc) is 2.38. The lowest BCUT2D eigenvalue weighted by Gasteiger charge is -2.08. The Kier molecular flexibility index (Phi) is 4.19. The molecule has 18 heavy (non-hydrogen) atoms. The molecular weight excluding hydrogens is 314 g/mol. The largest absolute Gasteiger partial charge is 0.365 e. The minimum absolute atomic E-state index is 0.356. The first kappa shape index (κ1) is 12.9. The Morgan fingerprint density at radius 1 is 1.39 bits per heavy atom. The molecule has 3 nitrogen and oxygen atoms in total. The van der Waals surface area contributed by atoms with Crippen LogP contribution in [0.2, 0.25) is 5.02 Å². The number of pyridine rings is 1. The Bertz CT molecular complexity index is 607. The van der Waals surface area contributed by atoms with Crippen LogP contribution in [0, 0.1) is 11.3 Å². The van der Waals surface area contributed by atoms with Crippen LogP contribution < -0.4 is 5.32 Å². The number of anilines is 1. The van der Waals surface area contributed by atoms with E-state index in [4.69, 9.17) is 16.9 Å². The zero-order valence-electron chi connectivity index (χ0n) is 9.32. The maximum atomic E-state index is 8.87. The highest BCUT2D eigenvalue weighted by Crippen LogP contribution is 2.23. The summed E-state index contributed by atoms with van der Waals surface area (Å²) in [6.07, 6.45) is 1.56. The fraction of sp³-hybridized carbons (Fsp3) is 0.0769. The van der Waals surface area contributed by atoms with Crippen molar-refractivity contribution in [3.8, 4) is 6.07 Å². The first-order valence-corrected chi connectivity index (χ1v) is 6.40. The minimum atomic E-state index is 0.356. The summed E-state index contributed by atoms with van der Waals surface area (Å²) in [4.78, 5) is 4.12. The number of benzene rings is 1. The van der Waals surface area contributed by atoms with E-state index in [0.717, 1.165) is 10.0 Å². The van der Waals surface area contributed by atoms with Crippen molar-refractivity contribution < 1.29 is 0 Å². The third-order valence-electron chi connectivity index (χ3n) is 2.36. The van der Waals surface area contributed by atoms with Gasteiger partial charge in [0, 0.05) is 17.2 Å². The fourth-order valence-electron chi connectivity index (χ4n) is 1.49. The Morgan fingerprint density at radius 3 is 2.94 bits per heavy atom. The average molecular weight is 323 g/mol. The van der Waals surface area contributed by atoms with E-state index in [1.807, 2.05) is 30.3 Å². The molecule has 0 bridgehead atoms. The molecule has 2 aromatic rings. The lowest BCUT2D eigenvalue weighted by molar-refractivity contribution is 1.11. The molecule has 0 atom stereocenters. The molecule has 0 unspecified atom stereocenters. The smallest absolute Gasteiger partial charge is 0.146 e. The second-order valence-electron chi connectivity index (χ2n) is 3.62. The third kappa shape index (κ3) is 3.00. The highest BCUT2D eigenvalue weighted by atomic mass is 79.9. The number of halogens is 2. The summed E-state index contributed by atoms with van der Waals surface area (Å²) in [5.74, 6) is 0.524. The summed E-state index contributed by atoms with van der Waals surface area (Å²) in [6, 6.07) is 11.5. The summed E-state index contributed by atoms with van der Waals surface area (Å²) < 4.78 is 1.02. The minimum Gasteiger partial charge on any atom is -0.365 e. The maximum absolute atomic E-state index is 8.87. The molecule has 1 N–H and O–H groups in total. The molecule has 0 aliphatic carbocycles. The summed E-state index contributed by atoms with van der Waals surface area (Å²) >= 11 is 9.46. The fourth-order valence-corrected chi connectivity index (χ4v) is 2.15. The van der Waals surface area contributed by atoms with Gasteiger partial charge >= 0.3 is 0 Å². The Balaban J connectivity index is 2.14. The van der Waals surface area contributed by atoms with Crippen LogP contribution in [-0.2, 0) is 6.54 Å². The number of rotatable bonds is 3. The molecule has 0 fully saturated rings. The number of nitrogens with zero attached hydrogens (tertiary/aromatic N) is 2. The number of hydrogen-bond acceptors (Lipinski definition) is 3. The second kappa shape index (κ2) is 5.85. The number of hydrogen-bond donors (Lipinski definition) is 1. The van der Waals surface area contributed by atoms with Crippen molar-refractivity contribution >= 4 is 33.3 Å². The summed E-state index contributed by atoms with van der Waals surface area (Å²) in [7, 11) is 0. The van der Waals surface area contributed by atoms with Crippen molar-refractivity contribution in [2.45, 2.75) is 6.54 Å². The Morgan fingerprint density at radius 2 is 2.22 bits per heavy atom. The highest BCUT2D eigenvalue weighted by Gasteiger charge is 2.06. The number of aromatic nitrogens is 1. The zero-order chi connectivity index (χ0) is 13.0. The van der Waals surface area contributed by atoms with Crippen molar-refractivity contribution in [2.75, 3.05) is 5.32 Å². The van der Waals surface area contributed by atoms with Gasteiger partial charge in [0.25, 0.3) is 0 Å². The van der Waals surface area contributed by atoms with Gasteiger partial charge in [0.05, 0.1) is 5.56 Å². The summed E-state index contributed by atoms with van der Waals surface area (Å²) in [5.41, 5.74) is 1.52. The highest BCUT2D eigenvalue weighted by molar-refractivity contribution is 9.10. The second-order valence-corrected chi connectivity index (χ2v) is 4.91. The van der Waals surface area contributed by atoms with Crippen molar-refractivity contribution in [1.82, 2.24) is 4.98 Å². The summed E-state index contributed by atoms with van der Waals surface area (Å²) in [6.45, 7) is 0.598. The van der Waals surface area contributed by atoms with Crippen molar-refractivity contribution in [2.24, 2.45) is 0 Å². The topological polar surface area (TPSA) is 48.7 Å². The van der Waals surface area contributed by atoms with E-state index in [0.29, 0.717) is 22.9 Å². The molecule has 0 aliphatic heterocycles. The van der Waals surface area contributed by atoms with E-state index in [2.05, 4.69) is 26.2 Å². The predicted molar refractivity (Wildman–Crippen MR) is 75.4 cm³/mol. The number of nitriles is 1. The van der Waals surface area contributed by atoms with Gasteiger partial charge in [0.15, 0.2) is 0 Å². The lowest BCUT2D eigenvalue weighted by Crippen LogP contribution is -2.02. The van der Waals surface area contributed by atoms with E-state index < -0.39 is 0 Å². The van der Waals surface area contributed by atoms with Crippen LogP contribution >= 0.6 is 27.5 Å². The van der Waals surface area contributed by atoms with Crippen LogP contribution in [0.5, 0.6) is 0 Å². The molecule has 1 aromatic heterocycles. The van der Waals surface area contributed by atoms with Crippen LogP contribution in [0.1, 0.15) is 11.1 Å². The van der Waals surface area contributed by atoms with E-state index in [1.165, 1.54) is 0 Å². The van der Waals surface area contributed by atoms with Gasteiger partial charge in [0.1, 0.15) is 16.9 Å². The maximum Gasteiger partial charge on any atom is 0.146 e. The van der Waals surface area contributed by atoms with Gasteiger partial charge in [-0.25, -0.2) is 4.98 Å². The molecule has 0 saturated carbocycles. The van der Waals surface area contributed by atoms with Gasteiger partial charge in [0.2, 0.25) is 0 Å². The van der Waals surface area contributed by atoms with Gasteiger partial charge in [-0.05, 0) is 23.8 Å². The molecule has 1 heterocycles. The van der Waals surface area contributed by atoms with Crippen molar-refractivity contribution in [1.29, 1.82) is 5.26 Å². The standard InChI is InChI=1S/C13H9BrClN3/c14-11-3-1-2-9(6-11)8-18-13-12(15)10(7-16)4-5-17-13/h1-6H,8H2,(H,17,18). The van der Waals surface area contributed by atoms with E-state index in [9.17, 15) is 0 Å². The third-order valence-corrected chi connectivity index (χ3v) is 3.23. The van der Waals surface area contributed by atoms with Crippen molar-refractivity contribution in [3.63, 3.8) is 0 Å². The molecular formula is C13H9BrClN3. The van der Waals surface area contributed by atoms with Gasteiger partial charge in [-0.15, -0.1) is 0 Å². The molecule has 5 heteroatoms. The van der Waals surface area contributed by atoms with Crippen LogP contribution in [0.25, 0.3) is 0 Å². The molecule has 2 rings (SSSR count). The quantitative estimate of drug-likeness (QED) is 0.930. The van der Waals surface area contributed by atoms with Gasteiger partial charge < -0.3 is 5.32 Å². The van der Waals surface area contributed by atoms with E-state index in [-0.39, 0.29) is 0 Å². The van der Waals surface area contributed by atoms with Gasteiger partial charge in [-0.1, -0.05) is 39.7 Å². The Hall–Kier alpha value is -1.57. The lowest BCUT2D eigenvalue weighted by atomic mass is 10.2. The van der Waals surface area contributed by atoms with Crippen LogP contribution in [0.15, 0.2) is 41.0 Å². The molecule has 0 amide bonds. The van der Waals surface area contributed by atoms with Gasteiger partial charge in [-0.3, -0.25) is 0 Å². The van der Waals surface area contributed by atoms with Gasteiger partial charge in [-0.2, -0.15) is 5.26 Å². The molecule has 1 aromatic carbocycles. The monoisotopic (exact) mass is 321 g/mol. The molecule has 0 radical (unpaired) electrons. The van der Waals surface area contributed by atoms with Crippen LogP contribution in [-0.4, -0.2) is 4.98 Å². The Labute approximate surface area is 119 Å². The zero-order valence-corrected chi connectivity index (χ0v) is 11.7.